The van der Waals surface area contributed by atoms with Gasteiger partial charge in [0, 0.05) is 25.5 Å². The number of imide groups is 1. The van der Waals surface area contributed by atoms with Crippen molar-refractivity contribution in [3.05, 3.63) is 53.9 Å². The molecule has 0 radical (unpaired) electrons. The third-order valence-corrected chi connectivity index (χ3v) is 7.27. The van der Waals surface area contributed by atoms with Gasteiger partial charge in [0.2, 0.25) is 11.6 Å². The lowest BCUT2D eigenvalue weighted by atomic mass is 10.1. The Morgan fingerprint density at radius 3 is 2.05 bits per heavy atom. The molecular weight excluding hydrogens is 643 g/mol. The Bertz CT molecular complexity index is 1030. The molecule has 8 heteroatoms. The lowest BCUT2D eigenvalue weighted by molar-refractivity contribution is -0.704. The largest absolute Gasteiger partial charge is 1.00 e. The van der Waals surface area contributed by atoms with Crippen molar-refractivity contribution < 1.29 is 52.3 Å². The number of aryl methyl sites for hydroxylation is 1. The zero-order valence-electron chi connectivity index (χ0n) is 26.4. The molecule has 0 aliphatic heterocycles. The number of ether oxygens (including phenoxy) is 3. The summed E-state index contributed by atoms with van der Waals surface area (Å²) in [4.78, 5) is 26.2. The van der Waals surface area contributed by atoms with Gasteiger partial charge in [-0.2, -0.15) is 0 Å². The number of aromatic nitrogens is 1. The molecule has 0 spiro atoms. The highest BCUT2D eigenvalue weighted by molar-refractivity contribution is 5.90. The summed E-state index contributed by atoms with van der Waals surface area (Å²) in [5.74, 6) is 0.924. The summed E-state index contributed by atoms with van der Waals surface area (Å²) in [6.07, 6.45) is 17.9. The van der Waals surface area contributed by atoms with E-state index in [1.165, 1.54) is 77.6 Å². The minimum atomic E-state index is -0.671. The molecule has 2 rings (SSSR count). The summed E-state index contributed by atoms with van der Waals surface area (Å²) >= 11 is 0. The number of amides is 2. The fourth-order valence-electron chi connectivity index (χ4n) is 4.85. The molecule has 0 aliphatic rings. The minimum Gasteiger partial charge on any atom is -1.00 e. The maximum absolute atomic E-state index is 12.8. The highest BCUT2D eigenvalue weighted by Crippen LogP contribution is 2.29. The van der Waals surface area contributed by atoms with E-state index in [9.17, 15) is 9.59 Å². The predicted molar refractivity (Wildman–Crippen MR) is 163 cm³/mol. The number of rotatable bonds is 21. The SMILES string of the molecule is CCCCCCCCCCCCCCOc1ccc(COC(=O)N(Cc2cccc[n+]2CCC)C(C)=O)cc1OC.[I-]. The molecule has 2 amide bonds. The summed E-state index contributed by atoms with van der Waals surface area (Å²) in [7, 11) is 1.60. The van der Waals surface area contributed by atoms with Crippen LogP contribution in [0, 0.1) is 0 Å². The fourth-order valence-corrected chi connectivity index (χ4v) is 4.85. The molecule has 1 heterocycles. The quantitative estimate of drug-likeness (QED) is 0.103. The van der Waals surface area contributed by atoms with Gasteiger partial charge in [-0.25, -0.2) is 14.3 Å². The van der Waals surface area contributed by atoms with Crippen molar-refractivity contribution in [3.8, 4) is 11.5 Å². The Morgan fingerprint density at radius 2 is 1.45 bits per heavy atom. The van der Waals surface area contributed by atoms with Crippen molar-refractivity contribution in [1.29, 1.82) is 0 Å². The Morgan fingerprint density at radius 1 is 0.810 bits per heavy atom. The van der Waals surface area contributed by atoms with Crippen molar-refractivity contribution >= 4 is 12.0 Å². The van der Waals surface area contributed by atoms with Gasteiger partial charge < -0.3 is 38.2 Å². The average molecular weight is 697 g/mol. The monoisotopic (exact) mass is 696 g/mol. The van der Waals surface area contributed by atoms with Crippen LogP contribution >= 0.6 is 0 Å². The van der Waals surface area contributed by atoms with Crippen molar-refractivity contribution in [2.75, 3.05) is 13.7 Å². The van der Waals surface area contributed by atoms with Crippen molar-refractivity contribution in [2.45, 2.75) is 124 Å². The van der Waals surface area contributed by atoms with E-state index in [0.717, 1.165) is 35.5 Å². The van der Waals surface area contributed by atoms with Gasteiger partial charge in [-0.3, -0.25) is 4.79 Å². The number of pyridine rings is 1. The number of hydrogen-bond acceptors (Lipinski definition) is 5. The van der Waals surface area contributed by atoms with Crippen LogP contribution in [0.25, 0.3) is 0 Å². The van der Waals surface area contributed by atoms with Crippen molar-refractivity contribution in [1.82, 2.24) is 4.90 Å². The molecule has 1 aromatic carbocycles. The first-order valence-corrected chi connectivity index (χ1v) is 15.7. The molecule has 2 aromatic rings. The number of unbranched alkanes of at least 4 members (excludes halogenated alkanes) is 11. The average Bonchev–Trinajstić information content (AvgIpc) is 2.98. The Balaban J connectivity index is 0.00000882. The van der Waals surface area contributed by atoms with Crippen LogP contribution in [0.3, 0.4) is 0 Å². The second-order valence-electron chi connectivity index (χ2n) is 10.8. The molecule has 0 saturated carbocycles. The predicted octanol–water partition coefficient (Wildman–Crippen LogP) is 5.16. The minimum absolute atomic E-state index is 0. The summed E-state index contributed by atoms with van der Waals surface area (Å²) in [6, 6.07) is 11.3. The third-order valence-electron chi connectivity index (χ3n) is 7.27. The fraction of sp³-hybridized carbons (Fsp3) is 0.618. The summed E-state index contributed by atoms with van der Waals surface area (Å²) in [6.45, 7) is 7.37. The van der Waals surface area contributed by atoms with E-state index in [0.29, 0.717) is 18.1 Å². The van der Waals surface area contributed by atoms with Gasteiger partial charge in [0.05, 0.1) is 13.7 Å². The maximum Gasteiger partial charge on any atom is 0.417 e. The molecule has 0 unspecified atom stereocenters. The van der Waals surface area contributed by atoms with E-state index in [2.05, 4.69) is 13.8 Å². The molecule has 0 bridgehead atoms. The highest BCUT2D eigenvalue weighted by atomic mass is 127. The molecule has 7 nitrogen and oxygen atoms in total. The summed E-state index contributed by atoms with van der Waals surface area (Å²) < 4.78 is 19.1. The van der Waals surface area contributed by atoms with Crippen LogP contribution in [0.1, 0.15) is 115 Å². The van der Waals surface area contributed by atoms with Gasteiger partial charge >= 0.3 is 6.09 Å². The Hall–Kier alpha value is -2.36. The van der Waals surface area contributed by atoms with Crippen LogP contribution in [0.4, 0.5) is 4.79 Å². The van der Waals surface area contributed by atoms with E-state index < -0.39 is 6.09 Å². The zero-order valence-corrected chi connectivity index (χ0v) is 28.5. The van der Waals surface area contributed by atoms with Gasteiger partial charge in [-0.1, -0.05) is 96.6 Å². The van der Waals surface area contributed by atoms with Gasteiger partial charge in [-0.15, -0.1) is 0 Å². The molecule has 0 aliphatic carbocycles. The standard InChI is InChI=1S/C34H53N2O5.HI/c1-5-7-8-9-10-11-12-13-14-15-16-19-25-40-32-22-21-30(26-33(32)39-4)28-41-34(38)36(29(3)37)27-31-20-17-18-24-35(31)23-6-2;/h17-18,20-22,24,26H,5-16,19,23,25,27-28H2,1-4H3;1H/q+1;/p-1. The van der Waals surface area contributed by atoms with Gasteiger partial charge in [-0.05, 0) is 24.1 Å². The topological polar surface area (TPSA) is 69.0 Å². The van der Waals surface area contributed by atoms with Crippen LogP contribution < -0.4 is 38.0 Å². The number of halogens is 1. The van der Waals surface area contributed by atoms with Gasteiger partial charge in [0.25, 0.3) is 0 Å². The first-order valence-electron chi connectivity index (χ1n) is 15.7. The number of benzene rings is 1. The van der Waals surface area contributed by atoms with Crippen LogP contribution in [-0.2, 0) is 29.2 Å². The first-order chi connectivity index (χ1) is 20.0. The van der Waals surface area contributed by atoms with E-state index in [4.69, 9.17) is 14.2 Å². The second-order valence-corrected chi connectivity index (χ2v) is 10.8. The molecule has 1 aromatic heterocycles. The molecule has 0 fully saturated rings. The molecule has 0 saturated heterocycles. The van der Waals surface area contributed by atoms with Gasteiger partial charge in [0.1, 0.15) is 19.7 Å². The lowest BCUT2D eigenvalue weighted by Crippen LogP contribution is -3.00. The van der Waals surface area contributed by atoms with Crippen LogP contribution in [0.15, 0.2) is 42.6 Å². The molecule has 42 heavy (non-hydrogen) atoms. The van der Waals surface area contributed by atoms with Crippen LogP contribution in [0.2, 0.25) is 0 Å². The number of hydrogen-bond donors (Lipinski definition) is 0. The molecule has 0 atom stereocenters. The molecular formula is C34H53IN2O5. The zero-order chi connectivity index (χ0) is 29.7. The van der Waals surface area contributed by atoms with E-state index >= 15 is 0 Å². The highest BCUT2D eigenvalue weighted by Gasteiger charge is 2.24. The number of carbonyl (C=O) groups excluding carboxylic acids is 2. The van der Waals surface area contributed by atoms with E-state index in [1.807, 2.05) is 47.2 Å². The maximum atomic E-state index is 12.8. The molecule has 236 valence electrons. The normalized spacial score (nSPS) is 10.6. The summed E-state index contributed by atoms with van der Waals surface area (Å²) in [5.41, 5.74) is 1.63. The summed E-state index contributed by atoms with van der Waals surface area (Å²) in [5, 5.41) is 0. The van der Waals surface area contributed by atoms with E-state index in [-0.39, 0.29) is 43.0 Å². The Kier molecular flexibility index (Phi) is 20.8. The smallest absolute Gasteiger partial charge is 0.417 e. The van der Waals surface area contributed by atoms with Crippen LogP contribution in [-0.4, -0.2) is 30.6 Å². The van der Waals surface area contributed by atoms with Crippen LogP contribution in [0.5, 0.6) is 11.5 Å². The number of methoxy groups -OCH3 is 1. The lowest BCUT2D eigenvalue weighted by Gasteiger charge is -2.18. The van der Waals surface area contributed by atoms with E-state index in [1.54, 1.807) is 7.11 Å². The van der Waals surface area contributed by atoms with Gasteiger partial charge in [0.15, 0.2) is 17.7 Å². The second kappa shape index (κ2) is 23.1. The number of nitrogens with zero attached hydrogens (tertiary/aromatic N) is 2. The Labute approximate surface area is 271 Å². The van der Waals surface area contributed by atoms with Crippen molar-refractivity contribution in [2.24, 2.45) is 0 Å². The number of carbonyl (C=O) groups is 2. The molecule has 0 N–H and O–H groups in total. The third kappa shape index (κ3) is 14.7. The van der Waals surface area contributed by atoms with Crippen molar-refractivity contribution in [3.63, 3.8) is 0 Å². The first kappa shape index (κ1) is 37.7.